The second-order valence-corrected chi connectivity index (χ2v) is 5.55. The third-order valence-electron chi connectivity index (χ3n) is 3.57. The lowest BCUT2D eigenvalue weighted by Crippen LogP contribution is -2.26. The molecule has 0 unspecified atom stereocenters. The number of hydrogen-bond acceptors (Lipinski definition) is 3. The molecule has 0 saturated heterocycles. The number of carbonyl (C=O) groups is 3. The summed E-state index contributed by atoms with van der Waals surface area (Å²) >= 11 is 0. The van der Waals surface area contributed by atoms with Gasteiger partial charge in [-0.1, -0.05) is 0 Å². The van der Waals surface area contributed by atoms with Crippen molar-refractivity contribution < 1.29 is 19.5 Å². The van der Waals surface area contributed by atoms with Crippen LogP contribution in [0, 0.1) is 12.8 Å². The number of hydrogen-bond donors (Lipinski definition) is 3. The van der Waals surface area contributed by atoms with Crippen molar-refractivity contribution in [2.45, 2.75) is 32.6 Å². The van der Waals surface area contributed by atoms with Crippen LogP contribution in [-0.4, -0.2) is 29.4 Å². The van der Waals surface area contributed by atoms with E-state index in [1.807, 2.05) is 0 Å². The van der Waals surface area contributed by atoms with Gasteiger partial charge < -0.3 is 15.7 Å². The van der Waals surface area contributed by atoms with Gasteiger partial charge in [-0.05, 0) is 49.9 Å². The van der Waals surface area contributed by atoms with Crippen LogP contribution in [0.2, 0.25) is 0 Å². The quantitative estimate of drug-likeness (QED) is 0.671. The molecule has 0 heterocycles. The largest absolute Gasteiger partial charge is 0.478 e. The average molecular weight is 304 g/mol. The minimum atomic E-state index is -0.984. The Bertz CT molecular complexity index is 594. The van der Waals surface area contributed by atoms with Crippen LogP contribution in [0.5, 0.6) is 0 Å². The van der Waals surface area contributed by atoms with E-state index in [-0.39, 0.29) is 23.3 Å². The van der Waals surface area contributed by atoms with Crippen molar-refractivity contribution in [1.82, 2.24) is 5.32 Å². The first-order valence-electron chi connectivity index (χ1n) is 7.39. The summed E-state index contributed by atoms with van der Waals surface area (Å²) < 4.78 is 0. The van der Waals surface area contributed by atoms with Crippen LogP contribution in [0.25, 0.3) is 0 Å². The number of rotatable bonds is 7. The van der Waals surface area contributed by atoms with Gasteiger partial charge in [-0.15, -0.1) is 0 Å². The number of amides is 2. The fourth-order valence-electron chi connectivity index (χ4n) is 2.16. The zero-order valence-corrected chi connectivity index (χ0v) is 12.5. The highest BCUT2D eigenvalue weighted by molar-refractivity contribution is 5.93. The smallest absolute Gasteiger partial charge is 0.335 e. The molecule has 0 radical (unpaired) electrons. The lowest BCUT2D eigenvalue weighted by Gasteiger charge is -2.08. The minimum absolute atomic E-state index is 0.0836. The molecule has 1 aromatic carbocycles. The van der Waals surface area contributed by atoms with Crippen molar-refractivity contribution in [3.63, 3.8) is 0 Å². The summed E-state index contributed by atoms with van der Waals surface area (Å²) in [6.45, 7) is 2.19. The second kappa shape index (κ2) is 7.06. The van der Waals surface area contributed by atoms with Crippen LogP contribution < -0.4 is 10.6 Å². The van der Waals surface area contributed by atoms with Crippen molar-refractivity contribution in [3.05, 3.63) is 29.3 Å². The molecular formula is C16H20N2O4. The Morgan fingerprint density at radius 2 is 2.00 bits per heavy atom. The Morgan fingerprint density at radius 3 is 2.59 bits per heavy atom. The fourth-order valence-corrected chi connectivity index (χ4v) is 2.16. The molecule has 0 spiro atoms. The number of anilines is 1. The lowest BCUT2D eigenvalue weighted by molar-refractivity contribution is -0.122. The molecule has 22 heavy (non-hydrogen) atoms. The molecule has 0 atom stereocenters. The van der Waals surface area contributed by atoms with Gasteiger partial charge in [-0.3, -0.25) is 9.59 Å². The lowest BCUT2D eigenvalue weighted by atomic mass is 10.1. The van der Waals surface area contributed by atoms with Gasteiger partial charge in [-0.2, -0.15) is 0 Å². The van der Waals surface area contributed by atoms with Gasteiger partial charge in [0.15, 0.2) is 0 Å². The molecule has 2 amide bonds. The van der Waals surface area contributed by atoms with E-state index in [9.17, 15) is 14.4 Å². The van der Waals surface area contributed by atoms with Crippen molar-refractivity contribution in [3.8, 4) is 0 Å². The summed E-state index contributed by atoms with van der Waals surface area (Å²) in [5.41, 5.74) is 1.40. The van der Waals surface area contributed by atoms with E-state index < -0.39 is 5.97 Å². The third-order valence-corrected chi connectivity index (χ3v) is 3.57. The SMILES string of the molecule is Cc1cc(NC(=O)CCCNC(=O)C2CC2)ccc1C(=O)O. The van der Waals surface area contributed by atoms with Crippen molar-refractivity contribution >= 4 is 23.5 Å². The first kappa shape index (κ1) is 16.0. The van der Waals surface area contributed by atoms with E-state index in [4.69, 9.17) is 5.11 Å². The Balaban J connectivity index is 1.73. The van der Waals surface area contributed by atoms with Crippen LogP contribution >= 0.6 is 0 Å². The molecule has 0 aliphatic heterocycles. The van der Waals surface area contributed by atoms with Gasteiger partial charge in [-0.25, -0.2) is 4.79 Å². The average Bonchev–Trinajstić information content (AvgIpc) is 3.27. The van der Waals surface area contributed by atoms with E-state index in [2.05, 4.69) is 10.6 Å². The molecule has 118 valence electrons. The van der Waals surface area contributed by atoms with Gasteiger partial charge in [0.25, 0.3) is 0 Å². The van der Waals surface area contributed by atoms with E-state index in [0.717, 1.165) is 12.8 Å². The van der Waals surface area contributed by atoms with E-state index in [0.29, 0.717) is 30.6 Å². The number of nitrogens with one attached hydrogen (secondary N) is 2. The first-order chi connectivity index (χ1) is 10.5. The van der Waals surface area contributed by atoms with Crippen LogP contribution in [-0.2, 0) is 9.59 Å². The molecule has 2 rings (SSSR count). The summed E-state index contributed by atoms with van der Waals surface area (Å²) in [5, 5.41) is 14.5. The molecule has 1 saturated carbocycles. The highest BCUT2D eigenvalue weighted by Crippen LogP contribution is 2.28. The summed E-state index contributed by atoms with van der Waals surface area (Å²) in [6.07, 6.45) is 2.83. The van der Waals surface area contributed by atoms with E-state index >= 15 is 0 Å². The maximum absolute atomic E-state index is 11.8. The number of aromatic carboxylic acids is 1. The Morgan fingerprint density at radius 1 is 1.27 bits per heavy atom. The first-order valence-corrected chi connectivity index (χ1v) is 7.39. The molecule has 1 aromatic rings. The number of carboxylic acids is 1. The molecule has 0 aromatic heterocycles. The Kier molecular flexibility index (Phi) is 5.14. The van der Waals surface area contributed by atoms with Crippen LogP contribution in [0.3, 0.4) is 0 Å². The Hall–Kier alpha value is -2.37. The monoisotopic (exact) mass is 304 g/mol. The Labute approximate surface area is 128 Å². The maximum Gasteiger partial charge on any atom is 0.335 e. The number of carbonyl (C=O) groups excluding carboxylic acids is 2. The van der Waals surface area contributed by atoms with Crippen LogP contribution in [0.1, 0.15) is 41.6 Å². The summed E-state index contributed by atoms with van der Waals surface area (Å²) in [7, 11) is 0. The zero-order valence-electron chi connectivity index (χ0n) is 12.5. The van der Waals surface area contributed by atoms with Gasteiger partial charge in [0.1, 0.15) is 0 Å². The number of benzene rings is 1. The maximum atomic E-state index is 11.8. The molecule has 6 heteroatoms. The zero-order chi connectivity index (χ0) is 16.1. The van der Waals surface area contributed by atoms with E-state index in [1.165, 1.54) is 6.07 Å². The summed E-state index contributed by atoms with van der Waals surface area (Å²) in [5.74, 6) is -0.866. The predicted molar refractivity (Wildman–Crippen MR) is 81.7 cm³/mol. The summed E-state index contributed by atoms with van der Waals surface area (Å²) in [4.78, 5) is 34.1. The second-order valence-electron chi connectivity index (χ2n) is 5.55. The summed E-state index contributed by atoms with van der Waals surface area (Å²) in [6, 6.07) is 4.68. The van der Waals surface area contributed by atoms with Gasteiger partial charge in [0, 0.05) is 24.6 Å². The fraction of sp³-hybridized carbons (Fsp3) is 0.438. The minimum Gasteiger partial charge on any atom is -0.478 e. The highest BCUT2D eigenvalue weighted by atomic mass is 16.4. The molecule has 1 aliphatic rings. The van der Waals surface area contributed by atoms with E-state index in [1.54, 1.807) is 19.1 Å². The normalized spacial score (nSPS) is 13.5. The van der Waals surface area contributed by atoms with Gasteiger partial charge in [0.05, 0.1) is 5.56 Å². The highest BCUT2D eigenvalue weighted by Gasteiger charge is 2.28. The van der Waals surface area contributed by atoms with Crippen molar-refractivity contribution in [2.24, 2.45) is 5.92 Å². The molecular weight excluding hydrogens is 284 g/mol. The molecule has 6 nitrogen and oxygen atoms in total. The van der Waals surface area contributed by atoms with Gasteiger partial charge >= 0.3 is 5.97 Å². The predicted octanol–water partition coefficient (Wildman–Crippen LogP) is 1.94. The topological polar surface area (TPSA) is 95.5 Å². The third kappa shape index (κ3) is 4.58. The molecule has 3 N–H and O–H groups in total. The number of aryl methyl sites for hydroxylation is 1. The van der Waals surface area contributed by atoms with Crippen molar-refractivity contribution in [2.75, 3.05) is 11.9 Å². The standard InChI is InChI=1S/C16H20N2O4/c1-10-9-12(6-7-13(10)16(21)22)18-14(19)3-2-8-17-15(20)11-4-5-11/h6-7,9,11H,2-5,8H2,1H3,(H,17,20)(H,18,19)(H,21,22). The van der Waals surface area contributed by atoms with Gasteiger partial charge in [0.2, 0.25) is 11.8 Å². The van der Waals surface area contributed by atoms with Crippen LogP contribution in [0.15, 0.2) is 18.2 Å². The molecule has 1 fully saturated rings. The molecule has 1 aliphatic carbocycles. The van der Waals surface area contributed by atoms with Crippen LogP contribution in [0.4, 0.5) is 5.69 Å². The number of carboxylic acid groups (broad SMARTS) is 1. The van der Waals surface area contributed by atoms with Crippen molar-refractivity contribution in [1.29, 1.82) is 0 Å². The molecule has 0 bridgehead atoms.